The minimum Gasteiger partial charge on any atom is -0.388 e. The van der Waals surface area contributed by atoms with Crippen LogP contribution >= 0.6 is 0 Å². The molecule has 1 aromatic heterocycles. The Hall–Kier alpha value is -1.91. The highest BCUT2D eigenvalue weighted by atomic mass is 19.3. The van der Waals surface area contributed by atoms with Crippen molar-refractivity contribution in [2.45, 2.75) is 20.3 Å². The first kappa shape index (κ1) is 15.1. The summed E-state index contributed by atoms with van der Waals surface area (Å²) < 4.78 is 27.6. The second kappa shape index (κ2) is 6.87. The standard InChI is InChI=1S/C12H13F2N3.C2H6/c1-15-9-3-4-10(11(5-9)12(13)14)8-6-16-17(2)7-8;1-2/h3-7,12,15H,1-2H3;1-2H3. The Kier molecular flexibility index (Phi) is 5.48. The maximum Gasteiger partial charge on any atom is 0.264 e. The summed E-state index contributed by atoms with van der Waals surface area (Å²) >= 11 is 0. The average molecular weight is 267 g/mol. The first-order valence-electron chi connectivity index (χ1n) is 6.20. The van der Waals surface area contributed by atoms with Gasteiger partial charge >= 0.3 is 0 Å². The van der Waals surface area contributed by atoms with Gasteiger partial charge in [0.25, 0.3) is 6.43 Å². The minimum absolute atomic E-state index is 0.0184. The summed E-state index contributed by atoms with van der Waals surface area (Å²) in [5.74, 6) is 0. The first-order valence-corrected chi connectivity index (χ1v) is 6.20. The molecule has 0 bridgehead atoms. The van der Waals surface area contributed by atoms with Gasteiger partial charge in [-0.15, -0.1) is 0 Å². The Morgan fingerprint density at radius 3 is 2.42 bits per heavy atom. The van der Waals surface area contributed by atoms with Crippen LogP contribution in [0.1, 0.15) is 25.8 Å². The topological polar surface area (TPSA) is 29.9 Å². The molecule has 2 rings (SSSR count). The highest BCUT2D eigenvalue weighted by Crippen LogP contribution is 2.32. The van der Waals surface area contributed by atoms with E-state index in [1.807, 2.05) is 13.8 Å². The van der Waals surface area contributed by atoms with E-state index in [1.165, 1.54) is 6.07 Å². The molecule has 0 radical (unpaired) electrons. The Labute approximate surface area is 112 Å². The van der Waals surface area contributed by atoms with Crippen molar-refractivity contribution in [3.05, 3.63) is 36.2 Å². The Balaban J connectivity index is 0.000000861. The van der Waals surface area contributed by atoms with Crippen LogP contribution in [0.15, 0.2) is 30.6 Å². The number of alkyl halides is 2. The second-order valence-electron chi connectivity index (χ2n) is 3.76. The van der Waals surface area contributed by atoms with Gasteiger partial charge in [-0.3, -0.25) is 4.68 Å². The lowest BCUT2D eigenvalue weighted by atomic mass is 10.0. The zero-order valence-electron chi connectivity index (χ0n) is 11.6. The molecule has 104 valence electrons. The van der Waals surface area contributed by atoms with E-state index < -0.39 is 6.43 Å². The van der Waals surface area contributed by atoms with Gasteiger partial charge in [-0.2, -0.15) is 5.10 Å². The number of benzene rings is 1. The number of nitrogens with one attached hydrogen (secondary N) is 1. The fourth-order valence-corrected chi connectivity index (χ4v) is 1.72. The monoisotopic (exact) mass is 267 g/mol. The van der Waals surface area contributed by atoms with E-state index in [2.05, 4.69) is 10.4 Å². The molecular weight excluding hydrogens is 248 g/mol. The average Bonchev–Trinajstić information content (AvgIpc) is 2.86. The SMILES string of the molecule is CC.CNc1ccc(-c2cnn(C)c2)c(C(F)F)c1. The summed E-state index contributed by atoms with van der Waals surface area (Å²) in [6, 6.07) is 4.92. The fraction of sp³-hybridized carbons (Fsp3) is 0.357. The van der Waals surface area contributed by atoms with Gasteiger partial charge in [-0.05, 0) is 17.7 Å². The molecule has 0 spiro atoms. The maximum absolute atomic E-state index is 13.0. The quantitative estimate of drug-likeness (QED) is 0.907. The Morgan fingerprint density at radius 2 is 1.95 bits per heavy atom. The van der Waals surface area contributed by atoms with Gasteiger partial charge in [-0.25, -0.2) is 8.78 Å². The third-order valence-electron chi connectivity index (χ3n) is 2.59. The number of aromatic nitrogens is 2. The lowest BCUT2D eigenvalue weighted by molar-refractivity contribution is 0.152. The number of hydrogen-bond acceptors (Lipinski definition) is 2. The zero-order valence-corrected chi connectivity index (χ0v) is 11.6. The van der Waals surface area contributed by atoms with Gasteiger partial charge in [0.05, 0.1) is 6.20 Å². The number of rotatable bonds is 3. The van der Waals surface area contributed by atoms with Crippen LogP contribution in [0.25, 0.3) is 11.1 Å². The molecule has 1 aromatic carbocycles. The highest BCUT2D eigenvalue weighted by molar-refractivity contribution is 5.69. The molecule has 5 heteroatoms. The van der Waals surface area contributed by atoms with E-state index in [4.69, 9.17) is 0 Å². The van der Waals surface area contributed by atoms with E-state index in [1.54, 1.807) is 43.3 Å². The third-order valence-corrected chi connectivity index (χ3v) is 2.59. The summed E-state index contributed by atoms with van der Waals surface area (Å²) in [5, 5.41) is 6.84. The van der Waals surface area contributed by atoms with Gasteiger partial charge in [-0.1, -0.05) is 19.9 Å². The van der Waals surface area contributed by atoms with Crippen LogP contribution in [0.5, 0.6) is 0 Å². The maximum atomic E-state index is 13.0. The largest absolute Gasteiger partial charge is 0.388 e. The lowest BCUT2D eigenvalue weighted by Crippen LogP contribution is -1.94. The molecule has 0 saturated heterocycles. The number of nitrogens with zero attached hydrogens (tertiary/aromatic N) is 2. The lowest BCUT2D eigenvalue weighted by Gasteiger charge is -2.09. The van der Waals surface area contributed by atoms with Crippen LogP contribution in [0.4, 0.5) is 14.5 Å². The van der Waals surface area contributed by atoms with Crippen molar-refractivity contribution in [3.8, 4) is 11.1 Å². The summed E-state index contributed by atoms with van der Waals surface area (Å²) in [6.07, 6.45) is 0.805. The van der Waals surface area contributed by atoms with Crippen molar-refractivity contribution in [1.82, 2.24) is 9.78 Å². The van der Waals surface area contributed by atoms with Crippen molar-refractivity contribution in [3.63, 3.8) is 0 Å². The number of anilines is 1. The number of aryl methyl sites for hydroxylation is 1. The van der Waals surface area contributed by atoms with Crippen LogP contribution < -0.4 is 5.32 Å². The van der Waals surface area contributed by atoms with Crippen LogP contribution in [-0.4, -0.2) is 16.8 Å². The van der Waals surface area contributed by atoms with E-state index in [0.717, 1.165) is 0 Å². The molecule has 19 heavy (non-hydrogen) atoms. The molecule has 0 saturated carbocycles. The molecule has 0 unspecified atom stereocenters. The summed E-state index contributed by atoms with van der Waals surface area (Å²) in [5.41, 5.74) is 1.91. The van der Waals surface area contributed by atoms with Gasteiger partial charge in [0, 0.05) is 37.1 Å². The minimum atomic E-state index is -2.50. The molecule has 2 aromatic rings. The van der Waals surface area contributed by atoms with Crippen molar-refractivity contribution in [1.29, 1.82) is 0 Å². The molecular formula is C14H19F2N3. The Morgan fingerprint density at radius 1 is 1.26 bits per heavy atom. The molecule has 0 amide bonds. The predicted molar refractivity (Wildman–Crippen MR) is 74.5 cm³/mol. The van der Waals surface area contributed by atoms with E-state index in [0.29, 0.717) is 16.8 Å². The smallest absolute Gasteiger partial charge is 0.264 e. The van der Waals surface area contributed by atoms with Crippen LogP contribution in [0, 0.1) is 0 Å². The van der Waals surface area contributed by atoms with Crippen molar-refractivity contribution >= 4 is 5.69 Å². The molecule has 0 aliphatic carbocycles. The summed E-state index contributed by atoms with van der Waals surface area (Å²) in [6.45, 7) is 4.00. The molecule has 0 aliphatic heterocycles. The number of hydrogen-bond donors (Lipinski definition) is 1. The van der Waals surface area contributed by atoms with Gasteiger partial charge in [0.15, 0.2) is 0 Å². The molecule has 1 N–H and O–H groups in total. The van der Waals surface area contributed by atoms with E-state index in [-0.39, 0.29) is 5.56 Å². The summed E-state index contributed by atoms with van der Waals surface area (Å²) in [7, 11) is 3.46. The second-order valence-corrected chi connectivity index (χ2v) is 3.76. The summed E-state index contributed by atoms with van der Waals surface area (Å²) in [4.78, 5) is 0. The molecule has 1 heterocycles. The van der Waals surface area contributed by atoms with Gasteiger partial charge < -0.3 is 5.32 Å². The van der Waals surface area contributed by atoms with Gasteiger partial charge in [0.2, 0.25) is 0 Å². The van der Waals surface area contributed by atoms with Crippen molar-refractivity contribution in [2.24, 2.45) is 7.05 Å². The predicted octanol–water partition coefficient (Wildman–Crippen LogP) is 4.09. The van der Waals surface area contributed by atoms with E-state index >= 15 is 0 Å². The molecule has 0 aliphatic rings. The highest BCUT2D eigenvalue weighted by Gasteiger charge is 2.15. The van der Waals surface area contributed by atoms with Gasteiger partial charge in [0.1, 0.15) is 0 Å². The van der Waals surface area contributed by atoms with Crippen LogP contribution in [0.3, 0.4) is 0 Å². The fourth-order valence-electron chi connectivity index (χ4n) is 1.72. The molecule has 0 atom stereocenters. The van der Waals surface area contributed by atoms with E-state index in [9.17, 15) is 8.78 Å². The zero-order chi connectivity index (χ0) is 14.4. The van der Waals surface area contributed by atoms with Crippen molar-refractivity contribution < 1.29 is 8.78 Å². The number of halogens is 2. The normalized spacial score (nSPS) is 10.1. The Bertz CT molecular complexity index is 521. The first-order chi connectivity index (χ1) is 9.11. The van der Waals surface area contributed by atoms with Crippen LogP contribution in [0.2, 0.25) is 0 Å². The third kappa shape index (κ3) is 3.53. The molecule has 3 nitrogen and oxygen atoms in total. The molecule has 0 fully saturated rings. The van der Waals surface area contributed by atoms with Crippen molar-refractivity contribution in [2.75, 3.05) is 12.4 Å². The van der Waals surface area contributed by atoms with Crippen LogP contribution in [-0.2, 0) is 7.05 Å².